The van der Waals surface area contributed by atoms with E-state index in [2.05, 4.69) is 27.3 Å². The second-order valence-corrected chi connectivity index (χ2v) is 8.53. The minimum atomic E-state index is -0.0876. The van der Waals surface area contributed by atoms with Gasteiger partial charge in [0.1, 0.15) is 11.4 Å². The first-order valence-corrected chi connectivity index (χ1v) is 10.9. The molecule has 1 fully saturated rings. The van der Waals surface area contributed by atoms with Crippen LogP contribution >= 0.6 is 0 Å². The number of hydrogen-bond donors (Lipinski definition) is 2. The molecule has 0 unspecified atom stereocenters. The van der Waals surface area contributed by atoms with Gasteiger partial charge < -0.3 is 15.0 Å². The van der Waals surface area contributed by atoms with Crippen LogP contribution in [-0.2, 0) is 13.0 Å². The fourth-order valence-electron chi connectivity index (χ4n) is 4.66. The highest BCUT2D eigenvalue weighted by atomic mass is 16.5. The van der Waals surface area contributed by atoms with Crippen LogP contribution in [0.3, 0.4) is 0 Å². The lowest BCUT2D eigenvalue weighted by Gasteiger charge is -2.32. The van der Waals surface area contributed by atoms with Crippen LogP contribution in [0, 0.1) is 12.8 Å². The molecule has 6 nitrogen and oxygen atoms in total. The smallest absolute Gasteiger partial charge is 0.268 e. The van der Waals surface area contributed by atoms with E-state index in [-0.39, 0.29) is 11.7 Å². The maximum Gasteiger partial charge on any atom is 0.268 e. The van der Waals surface area contributed by atoms with Gasteiger partial charge in [0, 0.05) is 30.8 Å². The molecular formula is C24H31N3O3. The van der Waals surface area contributed by atoms with Crippen molar-refractivity contribution in [3.63, 3.8) is 0 Å². The second kappa shape index (κ2) is 9.04. The first-order chi connectivity index (χ1) is 14.5. The number of nitrogens with zero attached hydrogens (tertiary/aromatic N) is 1. The maximum absolute atomic E-state index is 12.7. The van der Waals surface area contributed by atoms with Crippen molar-refractivity contribution in [1.82, 2.24) is 15.2 Å². The molecule has 30 heavy (non-hydrogen) atoms. The van der Waals surface area contributed by atoms with Crippen molar-refractivity contribution in [2.45, 2.75) is 45.6 Å². The summed E-state index contributed by atoms with van der Waals surface area (Å²) < 4.78 is 5.22. The maximum atomic E-state index is 12.7. The largest absolute Gasteiger partial charge is 0.497 e. The minimum absolute atomic E-state index is 0.0876. The number of ether oxygens (including phenoxy) is 1. The summed E-state index contributed by atoms with van der Waals surface area (Å²) in [7, 11) is 1.68. The van der Waals surface area contributed by atoms with E-state index in [9.17, 15) is 9.59 Å². The van der Waals surface area contributed by atoms with Gasteiger partial charge in [-0.15, -0.1) is 0 Å². The molecule has 2 N–H and O–H groups in total. The molecule has 0 bridgehead atoms. The fraction of sp³-hybridized carbons (Fsp3) is 0.500. The Balaban J connectivity index is 1.26. The number of nitrogens with one attached hydrogen (secondary N) is 2. The SMILES string of the molecule is COc1ccc(CN2CCC(CNC(=O)c3[nH]c4c(c3C)C(=O)CCC4)CC2)cc1. The zero-order valence-electron chi connectivity index (χ0n) is 17.9. The third-order valence-electron chi connectivity index (χ3n) is 6.49. The van der Waals surface area contributed by atoms with Crippen molar-refractivity contribution < 1.29 is 14.3 Å². The van der Waals surface area contributed by atoms with Crippen LogP contribution in [0.5, 0.6) is 5.75 Å². The molecule has 0 saturated carbocycles. The summed E-state index contributed by atoms with van der Waals surface area (Å²) in [4.78, 5) is 30.6. The molecule has 1 aliphatic heterocycles. The van der Waals surface area contributed by atoms with E-state index in [4.69, 9.17) is 4.74 Å². The van der Waals surface area contributed by atoms with Crippen LogP contribution in [0.1, 0.15) is 63.4 Å². The summed E-state index contributed by atoms with van der Waals surface area (Å²) >= 11 is 0. The number of aryl methyl sites for hydroxylation is 1. The number of aromatic amines is 1. The first kappa shape index (κ1) is 20.7. The second-order valence-electron chi connectivity index (χ2n) is 8.53. The van der Waals surface area contributed by atoms with Gasteiger partial charge in [0.25, 0.3) is 5.91 Å². The monoisotopic (exact) mass is 409 g/mol. The predicted octanol–water partition coefficient (Wildman–Crippen LogP) is 3.49. The van der Waals surface area contributed by atoms with E-state index < -0.39 is 0 Å². The number of methoxy groups -OCH3 is 1. The Morgan fingerprint density at radius 1 is 1.20 bits per heavy atom. The van der Waals surface area contributed by atoms with Crippen molar-refractivity contribution in [2.24, 2.45) is 5.92 Å². The van der Waals surface area contributed by atoms with Gasteiger partial charge in [-0.1, -0.05) is 12.1 Å². The van der Waals surface area contributed by atoms with Gasteiger partial charge in [-0.2, -0.15) is 0 Å². The van der Waals surface area contributed by atoms with Gasteiger partial charge in [-0.25, -0.2) is 0 Å². The number of likely N-dealkylation sites (tertiary alicyclic amines) is 1. The van der Waals surface area contributed by atoms with Crippen molar-refractivity contribution in [2.75, 3.05) is 26.7 Å². The van der Waals surface area contributed by atoms with Crippen LogP contribution in [0.15, 0.2) is 24.3 Å². The van der Waals surface area contributed by atoms with E-state index in [0.29, 0.717) is 24.6 Å². The fourth-order valence-corrected chi connectivity index (χ4v) is 4.66. The van der Waals surface area contributed by atoms with Crippen molar-refractivity contribution in [1.29, 1.82) is 0 Å². The highest BCUT2D eigenvalue weighted by molar-refractivity contribution is 6.04. The molecule has 6 heteroatoms. The van der Waals surface area contributed by atoms with Gasteiger partial charge in [0.05, 0.1) is 7.11 Å². The molecule has 1 saturated heterocycles. The molecule has 2 aromatic rings. The number of hydrogen-bond acceptors (Lipinski definition) is 4. The lowest BCUT2D eigenvalue weighted by molar-refractivity contribution is 0.0929. The number of ketones is 1. The van der Waals surface area contributed by atoms with E-state index in [1.807, 2.05) is 19.1 Å². The average Bonchev–Trinajstić information content (AvgIpc) is 3.11. The van der Waals surface area contributed by atoms with E-state index in [1.54, 1.807) is 7.11 Å². The molecule has 0 radical (unpaired) electrons. The van der Waals surface area contributed by atoms with Crippen molar-refractivity contribution in [3.8, 4) is 5.75 Å². The number of benzene rings is 1. The summed E-state index contributed by atoms with van der Waals surface area (Å²) in [6.45, 7) is 5.59. The number of carbonyl (C=O) groups excluding carboxylic acids is 2. The molecule has 1 aromatic heterocycles. The van der Waals surface area contributed by atoms with Crippen LogP contribution in [-0.4, -0.2) is 48.3 Å². The van der Waals surface area contributed by atoms with Gasteiger partial charge in [-0.3, -0.25) is 14.5 Å². The molecule has 1 aromatic carbocycles. The summed E-state index contributed by atoms with van der Waals surface area (Å²) in [5, 5.41) is 3.10. The van der Waals surface area contributed by atoms with Crippen molar-refractivity contribution >= 4 is 11.7 Å². The molecule has 4 rings (SSSR count). The summed E-state index contributed by atoms with van der Waals surface area (Å²) in [6, 6.07) is 8.25. The average molecular weight is 410 g/mol. The number of Topliss-reactive ketones (excluding diaryl/α,β-unsaturated/α-hetero) is 1. The predicted molar refractivity (Wildman–Crippen MR) is 116 cm³/mol. The molecule has 1 amide bonds. The lowest BCUT2D eigenvalue weighted by Crippen LogP contribution is -2.38. The topological polar surface area (TPSA) is 74.4 Å². The molecule has 1 aliphatic carbocycles. The van der Waals surface area contributed by atoms with E-state index in [0.717, 1.165) is 67.9 Å². The Morgan fingerprint density at radius 3 is 2.60 bits per heavy atom. The van der Waals surface area contributed by atoms with Crippen molar-refractivity contribution in [3.05, 3.63) is 52.3 Å². The zero-order valence-corrected chi connectivity index (χ0v) is 17.9. The van der Waals surface area contributed by atoms with E-state index >= 15 is 0 Å². The Labute approximate surface area is 178 Å². The standard InChI is InChI=1S/C24H31N3O3/c1-16-22-20(4-3-5-21(22)28)26-23(16)24(29)25-14-17-10-12-27(13-11-17)15-18-6-8-19(30-2)9-7-18/h6-9,17,26H,3-5,10-15H2,1-2H3,(H,25,29). The van der Waals surface area contributed by atoms with Gasteiger partial charge in [-0.05, 0) is 74.9 Å². The van der Waals surface area contributed by atoms with E-state index in [1.165, 1.54) is 5.56 Å². The number of amides is 1. The highest BCUT2D eigenvalue weighted by Crippen LogP contribution is 2.26. The van der Waals surface area contributed by atoms with Crippen LogP contribution in [0.2, 0.25) is 0 Å². The Bertz CT molecular complexity index is 909. The Hall–Kier alpha value is -2.60. The number of piperidine rings is 1. The Morgan fingerprint density at radius 2 is 1.93 bits per heavy atom. The normalized spacial score (nSPS) is 17.6. The van der Waals surface area contributed by atoms with Gasteiger partial charge in [0.2, 0.25) is 0 Å². The third kappa shape index (κ3) is 4.43. The summed E-state index contributed by atoms with van der Waals surface area (Å²) in [5.41, 5.74) is 4.34. The molecule has 2 aliphatic rings. The van der Waals surface area contributed by atoms with Gasteiger partial charge >= 0.3 is 0 Å². The minimum Gasteiger partial charge on any atom is -0.497 e. The first-order valence-electron chi connectivity index (χ1n) is 10.9. The highest BCUT2D eigenvalue weighted by Gasteiger charge is 2.27. The van der Waals surface area contributed by atoms with Crippen LogP contribution in [0.4, 0.5) is 0 Å². The lowest BCUT2D eigenvalue weighted by atomic mass is 9.93. The van der Waals surface area contributed by atoms with Crippen LogP contribution < -0.4 is 10.1 Å². The number of H-pyrrole nitrogens is 1. The molecular weight excluding hydrogens is 378 g/mol. The van der Waals surface area contributed by atoms with Crippen LogP contribution in [0.25, 0.3) is 0 Å². The third-order valence-corrected chi connectivity index (χ3v) is 6.49. The molecule has 2 heterocycles. The Kier molecular flexibility index (Phi) is 6.23. The number of carbonyl (C=O) groups is 2. The number of fused-ring (bicyclic) bond motifs is 1. The zero-order chi connectivity index (χ0) is 21.1. The molecule has 0 spiro atoms. The molecule has 160 valence electrons. The summed E-state index contributed by atoms with van der Waals surface area (Å²) in [6.07, 6.45) is 4.45. The number of aromatic nitrogens is 1. The van der Waals surface area contributed by atoms with Gasteiger partial charge in [0.15, 0.2) is 5.78 Å². The quantitative estimate of drug-likeness (QED) is 0.766. The number of rotatable bonds is 6. The molecule has 0 atom stereocenters. The summed E-state index contributed by atoms with van der Waals surface area (Å²) in [5.74, 6) is 1.45.